The normalized spacial score (nSPS) is 17.3. The summed E-state index contributed by atoms with van der Waals surface area (Å²) in [5, 5.41) is 9.48. The summed E-state index contributed by atoms with van der Waals surface area (Å²) in [6.45, 7) is 10.5. The van der Waals surface area contributed by atoms with Gasteiger partial charge in [0.05, 0.1) is 12.0 Å². The molecule has 1 saturated carbocycles. The predicted octanol–water partition coefficient (Wildman–Crippen LogP) is 2.90. The molecule has 1 aliphatic carbocycles. The molecule has 5 nitrogen and oxygen atoms in total. The Morgan fingerprint density at radius 1 is 1.17 bits per heavy atom. The summed E-state index contributed by atoms with van der Waals surface area (Å²) in [6, 6.07) is 0. The molecule has 0 heterocycles. The van der Waals surface area contributed by atoms with Gasteiger partial charge >= 0.3 is 0 Å². The highest BCUT2D eigenvalue weighted by atomic mass is 127. The van der Waals surface area contributed by atoms with Gasteiger partial charge in [-0.1, -0.05) is 19.8 Å². The quantitative estimate of drug-likeness (QED) is 0.325. The van der Waals surface area contributed by atoms with E-state index in [-0.39, 0.29) is 29.9 Å². The van der Waals surface area contributed by atoms with Gasteiger partial charge in [0.15, 0.2) is 5.96 Å². The molecule has 1 fully saturated rings. The number of carbonyl (C=O) groups excluding carboxylic acids is 1. The maximum absolute atomic E-state index is 11.8. The molecule has 1 rings (SSSR count). The number of rotatable bonds is 7. The summed E-state index contributed by atoms with van der Waals surface area (Å²) in [5.41, 5.74) is -0.0700. The molecule has 0 radical (unpaired) electrons. The lowest BCUT2D eigenvalue weighted by molar-refractivity contribution is -0.128. The van der Waals surface area contributed by atoms with Crippen molar-refractivity contribution >= 4 is 35.8 Å². The second-order valence-electron chi connectivity index (χ2n) is 7.07. The lowest BCUT2D eigenvalue weighted by Gasteiger charge is -2.29. The van der Waals surface area contributed by atoms with Gasteiger partial charge in [-0.05, 0) is 45.4 Å². The Balaban J connectivity index is 0.00000484. The van der Waals surface area contributed by atoms with Gasteiger partial charge in [-0.25, -0.2) is 0 Å². The van der Waals surface area contributed by atoms with Gasteiger partial charge in [-0.2, -0.15) is 0 Å². The summed E-state index contributed by atoms with van der Waals surface area (Å²) in [7, 11) is 1.67. The van der Waals surface area contributed by atoms with E-state index < -0.39 is 5.41 Å². The average Bonchev–Trinajstić information content (AvgIpc) is 2.98. The Morgan fingerprint density at radius 3 is 2.26 bits per heavy atom. The van der Waals surface area contributed by atoms with Crippen molar-refractivity contribution in [3.05, 3.63) is 0 Å². The van der Waals surface area contributed by atoms with Crippen LogP contribution in [0.5, 0.6) is 0 Å². The molecule has 0 aliphatic heterocycles. The molecule has 3 N–H and O–H groups in total. The lowest BCUT2D eigenvalue weighted by Crippen LogP contribution is -2.44. The highest BCUT2D eigenvalue weighted by Crippen LogP contribution is 2.40. The molecule has 0 saturated heterocycles. The molecule has 0 aromatic heterocycles. The van der Waals surface area contributed by atoms with Crippen molar-refractivity contribution in [1.29, 1.82) is 0 Å². The molecule has 1 amide bonds. The molecule has 136 valence electrons. The summed E-state index contributed by atoms with van der Waals surface area (Å²) in [6.07, 6.45) is 6.50. The van der Waals surface area contributed by atoms with E-state index in [1.807, 2.05) is 13.8 Å². The second kappa shape index (κ2) is 10.4. The summed E-state index contributed by atoms with van der Waals surface area (Å²) in [4.78, 5) is 16.5. The maximum atomic E-state index is 11.8. The van der Waals surface area contributed by atoms with Crippen LogP contribution in [0, 0.1) is 10.8 Å². The van der Waals surface area contributed by atoms with E-state index in [2.05, 4.69) is 34.8 Å². The molecule has 6 heteroatoms. The molecule has 23 heavy (non-hydrogen) atoms. The van der Waals surface area contributed by atoms with Crippen LogP contribution in [0.4, 0.5) is 0 Å². The Bertz CT molecular complexity index is 390. The number of hydrogen-bond acceptors (Lipinski definition) is 2. The number of guanidine groups is 1. The number of carbonyl (C=O) groups is 1. The van der Waals surface area contributed by atoms with Crippen LogP contribution in [0.2, 0.25) is 0 Å². The van der Waals surface area contributed by atoms with E-state index in [9.17, 15) is 4.79 Å². The molecule has 0 bridgehead atoms. The number of nitrogens with zero attached hydrogens (tertiary/aromatic N) is 1. The van der Waals surface area contributed by atoms with E-state index in [0.29, 0.717) is 12.0 Å². The van der Waals surface area contributed by atoms with Crippen LogP contribution in [0.15, 0.2) is 4.99 Å². The largest absolute Gasteiger partial charge is 0.359 e. The molecule has 0 aromatic rings. The Morgan fingerprint density at radius 2 is 1.78 bits per heavy atom. The van der Waals surface area contributed by atoms with Crippen molar-refractivity contribution in [2.75, 3.05) is 26.7 Å². The molecule has 0 unspecified atom stereocenters. The molecular weight excluding hydrogens is 403 g/mol. The monoisotopic (exact) mass is 438 g/mol. The van der Waals surface area contributed by atoms with Crippen LogP contribution in [0.25, 0.3) is 0 Å². The molecule has 0 atom stereocenters. The minimum Gasteiger partial charge on any atom is -0.359 e. The van der Waals surface area contributed by atoms with Gasteiger partial charge in [-0.15, -0.1) is 24.0 Å². The zero-order valence-electron chi connectivity index (χ0n) is 15.4. The van der Waals surface area contributed by atoms with Crippen LogP contribution in [0.1, 0.15) is 59.8 Å². The third-order valence-electron chi connectivity index (χ3n) is 4.86. The first kappa shape index (κ1) is 22.5. The first-order valence-corrected chi connectivity index (χ1v) is 8.63. The van der Waals surface area contributed by atoms with Gasteiger partial charge in [0, 0.05) is 20.1 Å². The van der Waals surface area contributed by atoms with Gasteiger partial charge < -0.3 is 16.0 Å². The van der Waals surface area contributed by atoms with Gasteiger partial charge in [0.1, 0.15) is 0 Å². The van der Waals surface area contributed by atoms with E-state index >= 15 is 0 Å². The Hall–Kier alpha value is -0.530. The summed E-state index contributed by atoms with van der Waals surface area (Å²) >= 11 is 0. The molecular formula is C17H35IN4O. The first-order chi connectivity index (χ1) is 10.4. The van der Waals surface area contributed by atoms with Crippen molar-refractivity contribution < 1.29 is 4.79 Å². The van der Waals surface area contributed by atoms with Crippen molar-refractivity contribution in [3.63, 3.8) is 0 Å². The van der Waals surface area contributed by atoms with Crippen LogP contribution in [0.3, 0.4) is 0 Å². The minimum atomic E-state index is -0.493. The fraction of sp³-hybridized carbons (Fsp3) is 0.882. The van der Waals surface area contributed by atoms with Crippen LogP contribution in [-0.4, -0.2) is 38.5 Å². The first-order valence-electron chi connectivity index (χ1n) is 8.63. The van der Waals surface area contributed by atoms with Gasteiger partial charge in [0.2, 0.25) is 5.91 Å². The van der Waals surface area contributed by atoms with Crippen molar-refractivity contribution in [1.82, 2.24) is 16.0 Å². The predicted molar refractivity (Wildman–Crippen MR) is 108 cm³/mol. The van der Waals surface area contributed by atoms with Crippen LogP contribution < -0.4 is 16.0 Å². The molecule has 0 spiro atoms. The highest BCUT2D eigenvalue weighted by molar-refractivity contribution is 14.0. The fourth-order valence-corrected chi connectivity index (χ4v) is 3.08. The smallest absolute Gasteiger partial charge is 0.227 e. The summed E-state index contributed by atoms with van der Waals surface area (Å²) in [5.74, 6) is 0.840. The number of amides is 1. The van der Waals surface area contributed by atoms with E-state index in [0.717, 1.165) is 19.0 Å². The number of halogens is 1. The third kappa shape index (κ3) is 6.85. The number of hydrogen-bond donors (Lipinski definition) is 3. The van der Waals surface area contributed by atoms with E-state index in [1.165, 1.54) is 32.1 Å². The van der Waals surface area contributed by atoms with Crippen LogP contribution >= 0.6 is 24.0 Å². The zero-order chi connectivity index (χ0) is 16.6. The number of nitrogens with one attached hydrogen (secondary N) is 3. The van der Waals surface area contributed by atoms with Crippen molar-refractivity contribution in [2.45, 2.75) is 59.8 Å². The summed E-state index contributed by atoms with van der Waals surface area (Å²) < 4.78 is 0. The fourth-order valence-electron chi connectivity index (χ4n) is 3.08. The van der Waals surface area contributed by atoms with Crippen molar-refractivity contribution in [3.8, 4) is 0 Å². The van der Waals surface area contributed by atoms with Gasteiger partial charge in [-0.3, -0.25) is 9.79 Å². The van der Waals surface area contributed by atoms with Crippen LogP contribution in [-0.2, 0) is 4.79 Å². The zero-order valence-corrected chi connectivity index (χ0v) is 17.8. The van der Waals surface area contributed by atoms with E-state index in [1.54, 1.807) is 7.05 Å². The number of aliphatic imine (C=N–C) groups is 1. The second-order valence-corrected chi connectivity index (χ2v) is 7.07. The molecule has 0 aromatic carbocycles. The topological polar surface area (TPSA) is 65.5 Å². The van der Waals surface area contributed by atoms with Crippen molar-refractivity contribution in [2.24, 2.45) is 15.8 Å². The Kier molecular flexibility index (Phi) is 10.1. The van der Waals surface area contributed by atoms with Gasteiger partial charge in [0.25, 0.3) is 0 Å². The molecule has 1 aliphatic rings. The lowest BCUT2D eigenvalue weighted by atomic mass is 9.83. The maximum Gasteiger partial charge on any atom is 0.227 e. The minimum absolute atomic E-state index is 0. The highest BCUT2D eigenvalue weighted by Gasteiger charge is 2.32. The van der Waals surface area contributed by atoms with E-state index in [4.69, 9.17) is 0 Å². The SMILES string of the molecule is CCNC(=NCC(C)(C)C(=O)NC)NCC1(CC)CCCC1.I. The average molecular weight is 438 g/mol. The Labute approximate surface area is 158 Å². The third-order valence-corrected chi connectivity index (χ3v) is 4.86. The standard InChI is InChI=1S/C17H34N4O.HI/c1-6-17(10-8-9-11-17)13-21-15(19-7-2)20-12-16(3,4)14(22)18-5;/h6-13H2,1-5H3,(H,18,22)(H2,19,20,21);1H.